The minimum atomic E-state index is -0.392. The zero-order chi connectivity index (χ0) is 17.5. The number of esters is 1. The number of aromatic nitrogens is 2. The van der Waals surface area contributed by atoms with E-state index in [1.165, 1.54) is 24.5 Å². The van der Waals surface area contributed by atoms with Gasteiger partial charge in [0.25, 0.3) is 0 Å². The van der Waals surface area contributed by atoms with Gasteiger partial charge >= 0.3 is 5.97 Å². The number of benzene rings is 1. The number of methoxy groups -OCH3 is 1. The topological polar surface area (TPSA) is 81.2 Å². The molecule has 0 bridgehead atoms. The van der Waals surface area contributed by atoms with Gasteiger partial charge in [-0.25, -0.2) is 4.79 Å². The van der Waals surface area contributed by atoms with Gasteiger partial charge in [-0.3, -0.25) is 10.1 Å². The molecule has 1 N–H and O–H groups in total. The average Bonchev–Trinajstić information content (AvgIpc) is 2.98. The minimum absolute atomic E-state index is 0.278. The number of carbonyl (C=O) groups excluding carboxylic acids is 2. The maximum absolute atomic E-state index is 11.9. The molecule has 2 aromatic rings. The van der Waals surface area contributed by atoms with Gasteiger partial charge in [-0.2, -0.15) is 0 Å². The number of ether oxygens (including phenoxy) is 1. The first-order chi connectivity index (χ1) is 11.5. The molecule has 0 aliphatic heterocycles. The van der Waals surface area contributed by atoms with Crippen LogP contribution in [0.25, 0.3) is 6.08 Å². The van der Waals surface area contributed by atoms with E-state index in [4.69, 9.17) is 0 Å². The molecule has 7 heteroatoms. The summed E-state index contributed by atoms with van der Waals surface area (Å²) in [5.74, 6) is -0.176. The highest BCUT2D eigenvalue weighted by Gasteiger charge is 2.08. The predicted octanol–water partition coefficient (Wildman–Crippen LogP) is 3.18. The predicted molar refractivity (Wildman–Crippen MR) is 93.9 cm³/mol. The van der Waals surface area contributed by atoms with Crippen molar-refractivity contribution in [3.05, 3.63) is 46.5 Å². The van der Waals surface area contributed by atoms with Crippen molar-refractivity contribution in [3.8, 4) is 0 Å². The first-order valence-corrected chi connectivity index (χ1v) is 8.29. The highest BCUT2D eigenvalue weighted by molar-refractivity contribution is 7.15. The Bertz CT molecular complexity index is 736. The van der Waals surface area contributed by atoms with E-state index in [0.29, 0.717) is 16.6 Å². The summed E-state index contributed by atoms with van der Waals surface area (Å²) in [5.41, 5.74) is 1.27. The molecule has 0 aliphatic carbocycles. The largest absolute Gasteiger partial charge is 0.465 e. The summed E-state index contributed by atoms with van der Waals surface area (Å²) in [4.78, 5) is 23.3. The third-order valence-corrected chi connectivity index (χ3v) is 3.90. The Morgan fingerprint density at radius 3 is 2.58 bits per heavy atom. The number of nitrogens with one attached hydrogen (secondary N) is 1. The fourth-order valence-corrected chi connectivity index (χ4v) is 2.86. The standard InChI is InChI=1S/C17H19N3O3S/c1-11(2)10-15-19-20-17(24-15)18-14(21)9-6-12-4-7-13(8-5-12)16(22)23-3/h4-9,11H,10H2,1-3H3,(H,18,20,21)/b9-6+. The summed E-state index contributed by atoms with van der Waals surface area (Å²) in [7, 11) is 1.33. The summed E-state index contributed by atoms with van der Waals surface area (Å²) in [6.07, 6.45) is 3.92. The molecule has 6 nitrogen and oxygen atoms in total. The Balaban J connectivity index is 1.92. The molecule has 1 amide bonds. The zero-order valence-electron chi connectivity index (χ0n) is 13.8. The summed E-state index contributed by atoms with van der Waals surface area (Å²) in [6.45, 7) is 4.21. The first kappa shape index (κ1) is 17.8. The van der Waals surface area contributed by atoms with E-state index in [1.807, 2.05) is 0 Å². The quantitative estimate of drug-likeness (QED) is 0.642. The lowest BCUT2D eigenvalue weighted by atomic mass is 10.1. The molecule has 0 saturated heterocycles. The second-order valence-electron chi connectivity index (χ2n) is 5.54. The number of rotatable bonds is 6. The van der Waals surface area contributed by atoms with Crippen LogP contribution < -0.4 is 5.32 Å². The van der Waals surface area contributed by atoms with Crippen molar-refractivity contribution in [3.63, 3.8) is 0 Å². The second kappa shape index (κ2) is 8.35. The van der Waals surface area contributed by atoms with E-state index in [1.54, 1.807) is 30.3 Å². The van der Waals surface area contributed by atoms with Crippen LogP contribution in [0.3, 0.4) is 0 Å². The van der Waals surface area contributed by atoms with Gasteiger partial charge in [0.1, 0.15) is 5.01 Å². The molecule has 0 fully saturated rings. The normalized spacial score (nSPS) is 11.0. The van der Waals surface area contributed by atoms with Crippen LogP contribution in [0.15, 0.2) is 30.3 Å². The average molecular weight is 345 g/mol. The maximum atomic E-state index is 11.9. The molecule has 1 aromatic heterocycles. The number of hydrogen-bond donors (Lipinski definition) is 1. The molecule has 0 radical (unpaired) electrons. The smallest absolute Gasteiger partial charge is 0.337 e. The molecular weight excluding hydrogens is 326 g/mol. The highest BCUT2D eigenvalue weighted by atomic mass is 32.1. The Morgan fingerprint density at radius 2 is 1.96 bits per heavy atom. The summed E-state index contributed by atoms with van der Waals surface area (Å²) < 4.78 is 4.63. The van der Waals surface area contributed by atoms with Gasteiger partial charge in [0.2, 0.25) is 11.0 Å². The van der Waals surface area contributed by atoms with Crippen LogP contribution >= 0.6 is 11.3 Å². The molecule has 0 aliphatic rings. The van der Waals surface area contributed by atoms with Crippen LogP contribution in [0, 0.1) is 5.92 Å². The fraction of sp³-hybridized carbons (Fsp3) is 0.294. The van der Waals surface area contributed by atoms with E-state index < -0.39 is 5.97 Å². The lowest BCUT2D eigenvalue weighted by Crippen LogP contribution is -2.07. The van der Waals surface area contributed by atoms with Crippen LogP contribution in [0.4, 0.5) is 5.13 Å². The van der Waals surface area contributed by atoms with Gasteiger partial charge in [-0.15, -0.1) is 10.2 Å². The number of hydrogen-bond acceptors (Lipinski definition) is 6. The number of carbonyl (C=O) groups is 2. The van der Waals surface area contributed by atoms with E-state index >= 15 is 0 Å². The van der Waals surface area contributed by atoms with Gasteiger partial charge in [-0.05, 0) is 29.7 Å². The van der Waals surface area contributed by atoms with Crippen molar-refractivity contribution in [1.29, 1.82) is 0 Å². The van der Waals surface area contributed by atoms with E-state index in [2.05, 4.69) is 34.1 Å². The van der Waals surface area contributed by atoms with E-state index in [-0.39, 0.29) is 5.91 Å². The molecule has 0 saturated carbocycles. The Hall–Kier alpha value is -2.54. The van der Waals surface area contributed by atoms with Crippen LogP contribution in [0.1, 0.15) is 34.8 Å². The Labute approximate surface area is 144 Å². The van der Waals surface area contributed by atoms with Crippen molar-refractivity contribution in [2.45, 2.75) is 20.3 Å². The van der Waals surface area contributed by atoms with Crippen molar-refractivity contribution < 1.29 is 14.3 Å². The molecule has 0 atom stereocenters. The lowest BCUT2D eigenvalue weighted by molar-refractivity contribution is -0.111. The van der Waals surface area contributed by atoms with Crippen molar-refractivity contribution in [1.82, 2.24) is 10.2 Å². The molecule has 126 valence electrons. The minimum Gasteiger partial charge on any atom is -0.465 e. The molecular formula is C17H19N3O3S. The van der Waals surface area contributed by atoms with Crippen LogP contribution in [0.2, 0.25) is 0 Å². The van der Waals surface area contributed by atoms with Crippen molar-refractivity contribution in [2.75, 3.05) is 12.4 Å². The van der Waals surface area contributed by atoms with Gasteiger partial charge in [-0.1, -0.05) is 37.3 Å². The molecule has 0 unspecified atom stereocenters. The third-order valence-electron chi connectivity index (χ3n) is 3.04. The fourth-order valence-electron chi connectivity index (χ4n) is 1.90. The van der Waals surface area contributed by atoms with Crippen LogP contribution in [-0.4, -0.2) is 29.2 Å². The van der Waals surface area contributed by atoms with E-state index in [9.17, 15) is 9.59 Å². The second-order valence-corrected chi connectivity index (χ2v) is 6.60. The van der Waals surface area contributed by atoms with Crippen LogP contribution in [-0.2, 0) is 16.0 Å². The Kier molecular flexibility index (Phi) is 6.20. The van der Waals surface area contributed by atoms with E-state index in [0.717, 1.165) is 17.0 Å². The van der Waals surface area contributed by atoms with Gasteiger partial charge in [0, 0.05) is 12.5 Å². The SMILES string of the molecule is COC(=O)c1ccc(/C=C/C(=O)Nc2nnc(CC(C)C)s2)cc1. The number of nitrogens with zero attached hydrogens (tertiary/aromatic N) is 2. The molecule has 1 aromatic carbocycles. The molecule has 24 heavy (non-hydrogen) atoms. The van der Waals surface area contributed by atoms with Gasteiger partial charge in [0.15, 0.2) is 0 Å². The summed E-state index contributed by atoms with van der Waals surface area (Å²) in [6, 6.07) is 6.77. The third kappa shape index (κ3) is 5.27. The van der Waals surface area contributed by atoms with Gasteiger partial charge < -0.3 is 4.74 Å². The zero-order valence-corrected chi connectivity index (χ0v) is 14.6. The van der Waals surface area contributed by atoms with Crippen molar-refractivity contribution in [2.24, 2.45) is 5.92 Å². The highest BCUT2D eigenvalue weighted by Crippen LogP contribution is 2.18. The number of anilines is 1. The maximum Gasteiger partial charge on any atom is 0.337 e. The molecule has 0 spiro atoms. The summed E-state index contributed by atoms with van der Waals surface area (Å²) >= 11 is 1.38. The van der Waals surface area contributed by atoms with Crippen molar-refractivity contribution >= 4 is 34.4 Å². The summed E-state index contributed by atoms with van der Waals surface area (Å²) in [5, 5.41) is 12.1. The lowest BCUT2D eigenvalue weighted by Gasteiger charge is -1.99. The van der Waals surface area contributed by atoms with Crippen LogP contribution in [0.5, 0.6) is 0 Å². The monoisotopic (exact) mass is 345 g/mol. The first-order valence-electron chi connectivity index (χ1n) is 7.47. The Morgan fingerprint density at radius 1 is 1.25 bits per heavy atom. The molecule has 2 rings (SSSR count). The van der Waals surface area contributed by atoms with Gasteiger partial charge in [0.05, 0.1) is 12.7 Å². The number of amides is 1. The molecule has 1 heterocycles.